The molecule has 0 aliphatic heterocycles. The van der Waals surface area contributed by atoms with Crippen molar-refractivity contribution in [3.05, 3.63) is 29.8 Å². The highest BCUT2D eigenvalue weighted by Crippen LogP contribution is 2.14. The molecule has 4 heteroatoms. The average Bonchev–Trinajstić information content (AvgIpc) is 2.39. The number of nitrogens with zero attached hydrogens (tertiary/aromatic N) is 2. The van der Waals surface area contributed by atoms with Crippen LogP contribution in [-0.4, -0.2) is 30.4 Å². The minimum atomic E-state index is -0.0418. The zero-order valence-electron chi connectivity index (χ0n) is 11.8. The molecule has 0 aliphatic carbocycles. The van der Waals surface area contributed by atoms with Crippen molar-refractivity contribution in [1.82, 2.24) is 4.90 Å². The third-order valence-corrected chi connectivity index (χ3v) is 3.12. The Kier molecular flexibility index (Phi) is 6.04. The van der Waals surface area contributed by atoms with E-state index in [9.17, 15) is 4.79 Å². The van der Waals surface area contributed by atoms with Crippen LogP contribution in [-0.2, 0) is 4.79 Å². The number of nitriles is 1. The largest absolute Gasteiger partial charge is 0.325 e. The minimum absolute atomic E-state index is 0.0418. The van der Waals surface area contributed by atoms with Gasteiger partial charge in [0.25, 0.3) is 0 Å². The second-order valence-corrected chi connectivity index (χ2v) is 4.88. The lowest BCUT2D eigenvalue weighted by atomic mass is 10.2. The molecule has 1 N–H and O–H groups in total. The third kappa shape index (κ3) is 5.11. The predicted octanol–water partition coefficient (Wildman–Crippen LogP) is 2.62. The number of para-hydroxylation sites is 1. The molecule has 0 bridgehead atoms. The van der Waals surface area contributed by atoms with Crippen LogP contribution in [0.15, 0.2) is 24.3 Å². The van der Waals surface area contributed by atoms with E-state index >= 15 is 0 Å². The highest BCUT2D eigenvalue weighted by Gasteiger charge is 2.07. The molecule has 19 heavy (non-hydrogen) atoms. The maximum absolute atomic E-state index is 11.8. The Labute approximate surface area is 115 Å². The number of hydrogen-bond acceptors (Lipinski definition) is 3. The van der Waals surface area contributed by atoms with Crippen LogP contribution in [0.1, 0.15) is 32.3 Å². The first kappa shape index (κ1) is 15.2. The monoisotopic (exact) mass is 259 g/mol. The van der Waals surface area contributed by atoms with Crippen molar-refractivity contribution >= 4 is 11.6 Å². The Hall–Kier alpha value is -1.86. The second-order valence-electron chi connectivity index (χ2n) is 4.88. The van der Waals surface area contributed by atoms with E-state index in [-0.39, 0.29) is 5.91 Å². The molecule has 0 saturated carbocycles. The lowest BCUT2D eigenvalue weighted by Crippen LogP contribution is -2.28. The molecule has 0 spiro atoms. The van der Waals surface area contributed by atoms with Gasteiger partial charge in [-0.1, -0.05) is 12.1 Å². The summed E-state index contributed by atoms with van der Waals surface area (Å²) >= 11 is 0. The molecule has 1 aromatic rings. The van der Waals surface area contributed by atoms with Crippen LogP contribution in [0.5, 0.6) is 0 Å². The molecule has 1 amide bonds. The first-order chi connectivity index (χ1) is 9.04. The van der Waals surface area contributed by atoms with E-state index in [0.717, 1.165) is 13.0 Å². The fourth-order valence-corrected chi connectivity index (χ4v) is 1.65. The van der Waals surface area contributed by atoms with Crippen molar-refractivity contribution in [2.45, 2.75) is 32.7 Å². The molecule has 0 heterocycles. The van der Waals surface area contributed by atoms with Gasteiger partial charge in [-0.15, -0.1) is 0 Å². The Morgan fingerprint density at radius 2 is 2.11 bits per heavy atom. The Bertz CT molecular complexity index is 463. The number of benzene rings is 1. The molecule has 4 nitrogen and oxygen atoms in total. The molecule has 0 atom stereocenters. The molecule has 0 saturated heterocycles. The van der Waals surface area contributed by atoms with E-state index in [1.807, 2.05) is 13.1 Å². The first-order valence-electron chi connectivity index (χ1n) is 6.53. The molecule has 1 aromatic carbocycles. The zero-order valence-corrected chi connectivity index (χ0v) is 11.8. The van der Waals surface area contributed by atoms with Gasteiger partial charge in [-0.2, -0.15) is 5.26 Å². The van der Waals surface area contributed by atoms with Crippen LogP contribution < -0.4 is 5.32 Å². The van der Waals surface area contributed by atoms with E-state index < -0.39 is 0 Å². The number of carbonyl (C=O) groups is 1. The van der Waals surface area contributed by atoms with Crippen molar-refractivity contribution in [3.63, 3.8) is 0 Å². The van der Waals surface area contributed by atoms with E-state index in [2.05, 4.69) is 30.1 Å². The fourth-order valence-electron chi connectivity index (χ4n) is 1.65. The van der Waals surface area contributed by atoms with E-state index in [4.69, 9.17) is 5.26 Å². The molecular formula is C15H21N3O. The SMILES string of the molecule is CC(C)N(C)CCCC(=O)Nc1ccccc1C#N. The van der Waals surface area contributed by atoms with Gasteiger partial charge in [-0.3, -0.25) is 4.79 Å². The second kappa shape index (κ2) is 7.55. The molecule has 1 rings (SSSR count). The van der Waals surface area contributed by atoms with Crippen LogP contribution in [0, 0.1) is 11.3 Å². The van der Waals surface area contributed by atoms with Gasteiger partial charge in [-0.05, 0) is 46.0 Å². The minimum Gasteiger partial charge on any atom is -0.325 e. The summed E-state index contributed by atoms with van der Waals surface area (Å²) in [4.78, 5) is 14.0. The lowest BCUT2D eigenvalue weighted by Gasteiger charge is -2.20. The summed E-state index contributed by atoms with van der Waals surface area (Å²) in [5, 5.41) is 11.7. The van der Waals surface area contributed by atoms with E-state index in [1.165, 1.54) is 0 Å². The van der Waals surface area contributed by atoms with Gasteiger partial charge < -0.3 is 10.2 Å². The summed E-state index contributed by atoms with van der Waals surface area (Å²) in [6.07, 6.45) is 1.28. The molecule has 0 unspecified atom stereocenters. The van der Waals surface area contributed by atoms with Gasteiger partial charge in [0.05, 0.1) is 11.3 Å². The van der Waals surface area contributed by atoms with Gasteiger partial charge in [-0.25, -0.2) is 0 Å². The van der Waals surface area contributed by atoms with Gasteiger partial charge in [0.2, 0.25) is 5.91 Å². The summed E-state index contributed by atoms with van der Waals surface area (Å²) in [6.45, 7) is 5.15. The number of anilines is 1. The Morgan fingerprint density at radius 1 is 1.42 bits per heavy atom. The topological polar surface area (TPSA) is 56.1 Å². The molecular weight excluding hydrogens is 238 g/mol. The lowest BCUT2D eigenvalue weighted by molar-refractivity contribution is -0.116. The van der Waals surface area contributed by atoms with Crippen molar-refractivity contribution in [2.24, 2.45) is 0 Å². The Morgan fingerprint density at radius 3 is 2.74 bits per heavy atom. The first-order valence-corrected chi connectivity index (χ1v) is 6.53. The summed E-state index contributed by atoms with van der Waals surface area (Å²) in [5.74, 6) is -0.0418. The van der Waals surface area contributed by atoms with Crippen LogP contribution in [0.3, 0.4) is 0 Å². The summed E-state index contributed by atoms with van der Waals surface area (Å²) in [6, 6.07) is 9.59. The number of rotatable bonds is 6. The highest BCUT2D eigenvalue weighted by molar-refractivity contribution is 5.92. The predicted molar refractivity (Wildman–Crippen MR) is 76.8 cm³/mol. The zero-order chi connectivity index (χ0) is 14.3. The number of carbonyl (C=O) groups excluding carboxylic acids is 1. The maximum atomic E-state index is 11.8. The van der Waals surface area contributed by atoms with Gasteiger partial charge >= 0.3 is 0 Å². The fraction of sp³-hybridized carbons (Fsp3) is 0.467. The molecule has 0 aliphatic rings. The normalized spacial score (nSPS) is 10.5. The van der Waals surface area contributed by atoms with Crippen molar-refractivity contribution < 1.29 is 4.79 Å². The van der Waals surface area contributed by atoms with Gasteiger partial charge in [0.15, 0.2) is 0 Å². The summed E-state index contributed by atoms with van der Waals surface area (Å²) < 4.78 is 0. The standard InChI is InChI=1S/C15H21N3O/c1-12(2)18(3)10-6-9-15(19)17-14-8-5-4-7-13(14)11-16/h4-5,7-8,12H,6,9-10H2,1-3H3,(H,17,19). The summed E-state index contributed by atoms with van der Waals surface area (Å²) in [5.41, 5.74) is 1.09. The van der Waals surface area contributed by atoms with Crippen LogP contribution >= 0.6 is 0 Å². The number of amides is 1. The van der Waals surface area contributed by atoms with Crippen molar-refractivity contribution in [3.8, 4) is 6.07 Å². The van der Waals surface area contributed by atoms with E-state index in [1.54, 1.807) is 18.2 Å². The van der Waals surface area contributed by atoms with Crippen LogP contribution in [0.4, 0.5) is 5.69 Å². The van der Waals surface area contributed by atoms with Crippen LogP contribution in [0.2, 0.25) is 0 Å². The molecule has 0 radical (unpaired) electrons. The quantitative estimate of drug-likeness (QED) is 0.854. The highest BCUT2D eigenvalue weighted by atomic mass is 16.1. The molecule has 0 aromatic heterocycles. The Balaban J connectivity index is 2.42. The molecule has 0 fully saturated rings. The van der Waals surface area contributed by atoms with Crippen LogP contribution in [0.25, 0.3) is 0 Å². The average molecular weight is 259 g/mol. The third-order valence-electron chi connectivity index (χ3n) is 3.12. The smallest absolute Gasteiger partial charge is 0.224 e. The maximum Gasteiger partial charge on any atom is 0.224 e. The summed E-state index contributed by atoms with van der Waals surface area (Å²) in [7, 11) is 2.05. The van der Waals surface area contributed by atoms with Gasteiger partial charge in [0, 0.05) is 12.5 Å². The van der Waals surface area contributed by atoms with Crippen molar-refractivity contribution in [1.29, 1.82) is 5.26 Å². The molecule has 102 valence electrons. The number of nitrogens with one attached hydrogen (secondary N) is 1. The van der Waals surface area contributed by atoms with E-state index in [0.29, 0.717) is 23.7 Å². The van der Waals surface area contributed by atoms with Crippen molar-refractivity contribution in [2.75, 3.05) is 18.9 Å². The van der Waals surface area contributed by atoms with Gasteiger partial charge in [0.1, 0.15) is 6.07 Å². The number of hydrogen-bond donors (Lipinski definition) is 1.